The van der Waals surface area contributed by atoms with Crippen molar-refractivity contribution < 1.29 is 14.7 Å². The zero-order chi connectivity index (χ0) is 14.5. The topological polar surface area (TPSA) is 62.1 Å². The largest absolute Gasteiger partial charge is 0.483 e. The molecule has 1 aromatic carbocycles. The number of oxime groups is 1. The number of carbonyl (C=O) groups is 1. The fraction of sp³-hybridized carbons (Fsp3) is 0.467. The highest BCUT2D eigenvalue weighted by atomic mass is 16.5. The van der Waals surface area contributed by atoms with Crippen LogP contribution in [0.2, 0.25) is 0 Å². The molecule has 2 rings (SSSR count). The van der Waals surface area contributed by atoms with Crippen molar-refractivity contribution in [3.8, 4) is 5.75 Å². The van der Waals surface area contributed by atoms with Crippen LogP contribution in [0.15, 0.2) is 29.4 Å². The molecule has 0 unspecified atom stereocenters. The molecule has 0 aliphatic heterocycles. The van der Waals surface area contributed by atoms with E-state index in [0.29, 0.717) is 23.9 Å². The summed E-state index contributed by atoms with van der Waals surface area (Å²) in [5, 5.41) is 12.3. The maximum atomic E-state index is 11.9. The molecule has 5 heteroatoms. The number of likely N-dealkylation sites (N-methyl/N-ethyl adjacent to an activating group) is 1. The first-order valence-corrected chi connectivity index (χ1v) is 6.86. The summed E-state index contributed by atoms with van der Waals surface area (Å²) in [4.78, 5) is 13.7. The molecule has 1 aromatic rings. The first-order valence-electron chi connectivity index (χ1n) is 6.86. The smallest absolute Gasteiger partial charge is 0.260 e. The van der Waals surface area contributed by atoms with Crippen molar-refractivity contribution in [2.75, 3.05) is 13.7 Å². The lowest BCUT2D eigenvalue weighted by molar-refractivity contribution is -0.132. The van der Waals surface area contributed by atoms with Gasteiger partial charge in [0.15, 0.2) is 6.61 Å². The number of benzene rings is 1. The van der Waals surface area contributed by atoms with E-state index in [2.05, 4.69) is 5.16 Å². The second-order valence-electron chi connectivity index (χ2n) is 4.92. The van der Waals surface area contributed by atoms with Crippen LogP contribution in [0.1, 0.15) is 31.7 Å². The fourth-order valence-electron chi connectivity index (χ4n) is 2.05. The van der Waals surface area contributed by atoms with Gasteiger partial charge in [0.05, 0.1) is 5.71 Å². The number of hydrogen-bond acceptors (Lipinski definition) is 4. The molecule has 0 radical (unpaired) electrons. The molecule has 0 bridgehead atoms. The van der Waals surface area contributed by atoms with E-state index in [-0.39, 0.29) is 12.5 Å². The van der Waals surface area contributed by atoms with Gasteiger partial charge >= 0.3 is 0 Å². The molecule has 1 aliphatic rings. The van der Waals surface area contributed by atoms with Crippen LogP contribution >= 0.6 is 0 Å². The third kappa shape index (κ3) is 3.29. The maximum Gasteiger partial charge on any atom is 0.260 e. The Morgan fingerprint density at radius 2 is 2.15 bits per heavy atom. The molecule has 0 spiro atoms. The summed E-state index contributed by atoms with van der Waals surface area (Å²) in [6.45, 7) is 1.91. The molecule has 0 heterocycles. The summed E-state index contributed by atoms with van der Waals surface area (Å²) in [5.74, 6) is 0.543. The maximum absolute atomic E-state index is 11.9. The van der Waals surface area contributed by atoms with Gasteiger partial charge in [0, 0.05) is 18.7 Å². The van der Waals surface area contributed by atoms with Crippen LogP contribution in [0.4, 0.5) is 0 Å². The Hall–Kier alpha value is -2.04. The molecule has 5 nitrogen and oxygen atoms in total. The standard InChI is InChI=1S/C15H20N2O3/c1-3-13(16-19)12-6-4-5-7-14(12)20-10-15(18)17(2)11-8-9-11/h4-7,11,19H,3,8-10H2,1-2H3. The van der Waals surface area contributed by atoms with E-state index in [1.54, 1.807) is 11.0 Å². The number of hydrogen-bond donors (Lipinski definition) is 1. The summed E-state index contributed by atoms with van der Waals surface area (Å²) in [5.41, 5.74) is 1.27. The molecule has 0 aromatic heterocycles. The van der Waals surface area contributed by atoms with Gasteiger partial charge in [0.2, 0.25) is 0 Å². The predicted octanol–water partition coefficient (Wildman–Crippen LogP) is 2.27. The molecular formula is C15H20N2O3. The van der Waals surface area contributed by atoms with Crippen LogP contribution < -0.4 is 4.74 Å². The van der Waals surface area contributed by atoms with Gasteiger partial charge in [0.25, 0.3) is 5.91 Å². The minimum absolute atomic E-state index is 0.00639. The van der Waals surface area contributed by atoms with Crippen molar-refractivity contribution in [3.05, 3.63) is 29.8 Å². The number of nitrogens with zero attached hydrogens (tertiary/aromatic N) is 2. The number of para-hydroxylation sites is 1. The molecule has 1 aliphatic carbocycles. The average molecular weight is 276 g/mol. The lowest BCUT2D eigenvalue weighted by Crippen LogP contribution is -2.33. The SMILES string of the molecule is CCC(=NO)c1ccccc1OCC(=O)N(C)C1CC1. The van der Waals surface area contributed by atoms with Crippen LogP contribution in [0.5, 0.6) is 5.75 Å². The van der Waals surface area contributed by atoms with Gasteiger partial charge in [-0.1, -0.05) is 24.2 Å². The zero-order valence-electron chi connectivity index (χ0n) is 11.9. The van der Waals surface area contributed by atoms with Gasteiger partial charge in [-0.25, -0.2) is 0 Å². The van der Waals surface area contributed by atoms with Crippen LogP contribution in [0.3, 0.4) is 0 Å². The molecule has 1 amide bonds. The number of carbonyl (C=O) groups excluding carboxylic acids is 1. The average Bonchev–Trinajstić information content (AvgIpc) is 3.31. The van der Waals surface area contributed by atoms with E-state index in [1.807, 2.05) is 32.2 Å². The molecule has 108 valence electrons. The van der Waals surface area contributed by atoms with Crippen molar-refractivity contribution >= 4 is 11.6 Å². The van der Waals surface area contributed by atoms with Crippen LogP contribution in [0, 0.1) is 0 Å². The van der Waals surface area contributed by atoms with Crippen molar-refractivity contribution in [1.29, 1.82) is 0 Å². The summed E-state index contributed by atoms with van der Waals surface area (Å²) < 4.78 is 5.60. The second kappa shape index (κ2) is 6.41. The Labute approximate surface area is 118 Å². The Kier molecular flexibility index (Phi) is 4.61. The van der Waals surface area contributed by atoms with Gasteiger partial charge in [-0.2, -0.15) is 0 Å². The van der Waals surface area contributed by atoms with Crippen molar-refractivity contribution in [2.45, 2.75) is 32.2 Å². The van der Waals surface area contributed by atoms with Crippen molar-refractivity contribution in [2.24, 2.45) is 5.16 Å². The Balaban J connectivity index is 2.03. The monoisotopic (exact) mass is 276 g/mol. The lowest BCUT2D eigenvalue weighted by Gasteiger charge is -2.17. The van der Waals surface area contributed by atoms with E-state index in [9.17, 15) is 4.79 Å². The lowest BCUT2D eigenvalue weighted by atomic mass is 10.1. The minimum Gasteiger partial charge on any atom is -0.483 e. The Morgan fingerprint density at radius 3 is 2.75 bits per heavy atom. The van der Waals surface area contributed by atoms with Crippen molar-refractivity contribution in [3.63, 3.8) is 0 Å². The molecule has 1 fully saturated rings. The molecule has 0 atom stereocenters. The second-order valence-corrected chi connectivity index (χ2v) is 4.92. The molecule has 1 saturated carbocycles. The van der Waals surface area contributed by atoms with E-state index in [4.69, 9.17) is 9.94 Å². The molecular weight excluding hydrogens is 256 g/mol. The quantitative estimate of drug-likeness (QED) is 0.492. The first-order chi connectivity index (χ1) is 9.67. The predicted molar refractivity (Wildman–Crippen MR) is 76.3 cm³/mol. The fourth-order valence-corrected chi connectivity index (χ4v) is 2.05. The van der Waals surface area contributed by atoms with E-state index >= 15 is 0 Å². The van der Waals surface area contributed by atoms with Gasteiger partial charge in [-0.15, -0.1) is 0 Å². The highest BCUT2D eigenvalue weighted by molar-refractivity contribution is 6.02. The highest BCUT2D eigenvalue weighted by Crippen LogP contribution is 2.26. The summed E-state index contributed by atoms with van der Waals surface area (Å²) in [7, 11) is 1.81. The van der Waals surface area contributed by atoms with Gasteiger partial charge in [0.1, 0.15) is 5.75 Å². The number of ether oxygens (including phenoxy) is 1. The Morgan fingerprint density at radius 1 is 1.45 bits per heavy atom. The van der Waals surface area contributed by atoms with Crippen LogP contribution in [0.25, 0.3) is 0 Å². The van der Waals surface area contributed by atoms with Crippen molar-refractivity contribution in [1.82, 2.24) is 4.90 Å². The van der Waals surface area contributed by atoms with E-state index in [0.717, 1.165) is 18.4 Å². The molecule has 0 saturated heterocycles. The summed E-state index contributed by atoms with van der Waals surface area (Å²) >= 11 is 0. The van der Waals surface area contributed by atoms with Gasteiger partial charge in [-0.3, -0.25) is 4.79 Å². The highest BCUT2D eigenvalue weighted by Gasteiger charge is 2.29. The number of amides is 1. The normalized spacial score (nSPS) is 15.0. The minimum atomic E-state index is -0.0266. The summed E-state index contributed by atoms with van der Waals surface area (Å²) in [6.07, 6.45) is 2.75. The zero-order valence-corrected chi connectivity index (χ0v) is 11.9. The van der Waals surface area contributed by atoms with E-state index in [1.165, 1.54) is 0 Å². The van der Waals surface area contributed by atoms with Gasteiger partial charge in [-0.05, 0) is 31.4 Å². The number of rotatable bonds is 6. The van der Waals surface area contributed by atoms with E-state index < -0.39 is 0 Å². The van der Waals surface area contributed by atoms with Crippen LogP contribution in [-0.2, 0) is 4.79 Å². The first kappa shape index (κ1) is 14.4. The van der Waals surface area contributed by atoms with Crippen LogP contribution in [-0.4, -0.2) is 41.4 Å². The summed E-state index contributed by atoms with van der Waals surface area (Å²) in [6, 6.07) is 7.66. The van der Waals surface area contributed by atoms with Gasteiger partial charge < -0.3 is 14.8 Å². The molecule has 1 N–H and O–H groups in total. The third-order valence-corrected chi connectivity index (χ3v) is 3.49. The molecule has 20 heavy (non-hydrogen) atoms. The Bertz CT molecular complexity index is 510. The third-order valence-electron chi connectivity index (χ3n) is 3.49.